The smallest absolute Gasteiger partial charge is 0.307 e. The summed E-state index contributed by atoms with van der Waals surface area (Å²) in [5, 5.41) is 9.53. The van der Waals surface area contributed by atoms with Gasteiger partial charge in [-0.2, -0.15) is 0 Å². The van der Waals surface area contributed by atoms with E-state index in [2.05, 4.69) is 0 Å². The normalized spacial score (nSPS) is 14.3. The first kappa shape index (κ1) is 10.2. The summed E-state index contributed by atoms with van der Waals surface area (Å²) < 4.78 is 0. The van der Waals surface area contributed by atoms with Gasteiger partial charge in [-0.3, -0.25) is 4.79 Å². The first-order chi connectivity index (χ1) is 7.18. The molecule has 0 amide bonds. The minimum Gasteiger partial charge on any atom is -0.481 e. The number of fused-ring (bicyclic) bond motifs is 1. The van der Waals surface area contributed by atoms with Gasteiger partial charge in [-0.25, -0.2) is 0 Å². The summed E-state index contributed by atoms with van der Waals surface area (Å²) in [6.07, 6.45) is 3.84. The molecule has 0 fully saturated rings. The summed E-state index contributed by atoms with van der Waals surface area (Å²) >= 11 is 6.07. The molecule has 1 aliphatic carbocycles. The van der Waals surface area contributed by atoms with Gasteiger partial charge in [0.2, 0.25) is 0 Å². The molecule has 3 heteroatoms. The van der Waals surface area contributed by atoms with Crippen LogP contribution in [0.5, 0.6) is 0 Å². The van der Waals surface area contributed by atoms with Gasteiger partial charge in [0.25, 0.3) is 0 Å². The number of carboxylic acid groups (broad SMARTS) is 1. The van der Waals surface area contributed by atoms with E-state index in [0.717, 1.165) is 34.6 Å². The molecular formula is C12H11ClO2. The lowest BCUT2D eigenvalue weighted by Crippen LogP contribution is -2.04. The Morgan fingerprint density at radius 1 is 1.47 bits per heavy atom. The van der Waals surface area contributed by atoms with Crippen LogP contribution < -0.4 is 0 Å². The summed E-state index contributed by atoms with van der Waals surface area (Å²) in [5.74, 6) is -0.797. The highest BCUT2D eigenvalue weighted by atomic mass is 35.5. The number of benzene rings is 1. The molecule has 0 radical (unpaired) electrons. The SMILES string of the molecule is O=C(O)CC1=CCCc2c(Cl)cccc21. The Morgan fingerprint density at radius 3 is 3.00 bits per heavy atom. The zero-order valence-corrected chi connectivity index (χ0v) is 8.92. The van der Waals surface area contributed by atoms with Crippen LogP contribution in [0.2, 0.25) is 5.02 Å². The predicted octanol–water partition coefficient (Wildman–Crippen LogP) is 3.14. The van der Waals surface area contributed by atoms with Crippen LogP contribution in [-0.2, 0) is 11.2 Å². The molecule has 15 heavy (non-hydrogen) atoms. The van der Waals surface area contributed by atoms with Crippen molar-refractivity contribution in [2.45, 2.75) is 19.3 Å². The van der Waals surface area contributed by atoms with Crippen molar-refractivity contribution in [2.75, 3.05) is 0 Å². The fraction of sp³-hybridized carbons (Fsp3) is 0.250. The third-order valence-corrected chi connectivity index (χ3v) is 2.95. The van der Waals surface area contributed by atoms with Gasteiger partial charge < -0.3 is 5.11 Å². The largest absolute Gasteiger partial charge is 0.481 e. The van der Waals surface area contributed by atoms with Crippen LogP contribution in [0.15, 0.2) is 24.3 Å². The maximum absolute atomic E-state index is 10.7. The summed E-state index contributed by atoms with van der Waals surface area (Å²) in [5.41, 5.74) is 2.96. The average molecular weight is 223 g/mol. The summed E-state index contributed by atoms with van der Waals surface area (Å²) in [4.78, 5) is 10.7. The Morgan fingerprint density at radius 2 is 2.27 bits per heavy atom. The lowest BCUT2D eigenvalue weighted by atomic mass is 9.89. The molecular weight excluding hydrogens is 212 g/mol. The van der Waals surface area contributed by atoms with E-state index in [4.69, 9.17) is 16.7 Å². The third kappa shape index (κ3) is 2.05. The molecule has 1 aromatic rings. The molecule has 0 unspecified atom stereocenters. The lowest BCUT2D eigenvalue weighted by Gasteiger charge is -2.17. The summed E-state index contributed by atoms with van der Waals surface area (Å²) in [6.45, 7) is 0. The second kappa shape index (κ2) is 4.07. The monoisotopic (exact) mass is 222 g/mol. The minimum absolute atomic E-state index is 0.0767. The van der Waals surface area contributed by atoms with Crippen LogP contribution >= 0.6 is 11.6 Å². The average Bonchev–Trinajstić information content (AvgIpc) is 2.19. The van der Waals surface area contributed by atoms with Gasteiger partial charge in [0.15, 0.2) is 0 Å². The fourth-order valence-electron chi connectivity index (χ4n) is 1.94. The Bertz CT molecular complexity index is 435. The number of hydrogen-bond donors (Lipinski definition) is 1. The van der Waals surface area contributed by atoms with Crippen LogP contribution in [0.25, 0.3) is 5.57 Å². The van der Waals surface area contributed by atoms with E-state index < -0.39 is 5.97 Å². The zero-order chi connectivity index (χ0) is 10.8. The van der Waals surface area contributed by atoms with Gasteiger partial charge in [-0.05, 0) is 35.6 Å². The van der Waals surface area contributed by atoms with Crippen LogP contribution in [0, 0.1) is 0 Å². The number of rotatable bonds is 2. The predicted molar refractivity (Wildman–Crippen MR) is 60.0 cm³/mol. The quantitative estimate of drug-likeness (QED) is 0.835. The van der Waals surface area contributed by atoms with Crippen LogP contribution in [0.4, 0.5) is 0 Å². The van der Waals surface area contributed by atoms with Crippen molar-refractivity contribution in [1.29, 1.82) is 0 Å². The molecule has 0 heterocycles. The number of aliphatic carboxylic acids is 1. The first-order valence-electron chi connectivity index (χ1n) is 4.87. The Labute approximate surface area is 93.2 Å². The Kier molecular flexibility index (Phi) is 2.78. The van der Waals surface area contributed by atoms with Crippen LogP contribution in [0.3, 0.4) is 0 Å². The van der Waals surface area contributed by atoms with Crippen molar-refractivity contribution >= 4 is 23.1 Å². The van der Waals surface area contributed by atoms with Gasteiger partial charge in [-0.1, -0.05) is 29.8 Å². The van der Waals surface area contributed by atoms with Crippen molar-refractivity contribution in [3.8, 4) is 0 Å². The molecule has 0 saturated carbocycles. The van der Waals surface area contributed by atoms with Gasteiger partial charge in [0.1, 0.15) is 0 Å². The van der Waals surface area contributed by atoms with E-state index in [1.807, 2.05) is 24.3 Å². The number of carboxylic acids is 1. The van der Waals surface area contributed by atoms with Gasteiger partial charge >= 0.3 is 5.97 Å². The van der Waals surface area contributed by atoms with Gasteiger partial charge in [-0.15, -0.1) is 0 Å². The van der Waals surface area contributed by atoms with E-state index in [0.29, 0.717) is 0 Å². The molecule has 0 bridgehead atoms. The molecule has 0 atom stereocenters. The highest BCUT2D eigenvalue weighted by Gasteiger charge is 2.16. The van der Waals surface area contributed by atoms with E-state index in [9.17, 15) is 4.79 Å². The standard InChI is InChI=1S/C12H11ClO2/c13-11-6-2-4-9-8(7-12(14)15)3-1-5-10(9)11/h2-4,6H,1,5,7H2,(H,14,15). The van der Waals surface area contributed by atoms with Crippen molar-refractivity contribution in [2.24, 2.45) is 0 Å². The van der Waals surface area contributed by atoms with E-state index in [-0.39, 0.29) is 6.42 Å². The molecule has 0 saturated heterocycles. The second-order valence-corrected chi connectivity index (χ2v) is 4.01. The lowest BCUT2D eigenvalue weighted by molar-refractivity contribution is -0.135. The molecule has 2 rings (SSSR count). The topological polar surface area (TPSA) is 37.3 Å². The summed E-state index contributed by atoms with van der Waals surface area (Å²) in [7, 11) is 0. The minimum atomic E-state index is -0.797. The van der Waals surface area contributed by atoms with Crippen molar-refractivity contribution in [3.05, 3.63) is 40.4 Å². The van der Waals surface area contributed by atoms with Crippen molar-refractivity contribution in [1.82, 2.24) is 0 Å². The maximum atomic E-state index is 10.7. The maximum Gasteiger partial charge on any atom is 0.307 e. The highest BCUT2D eigenvalue weighted by molar-refractivity contribution is 6.31. The molecule has 1 aliphatic rings. The molecule has 78 valence electrons. The van der Waals surface area contributed by atoms with E-state index in [1.54, 1.807) is 0 Å². The Hall–Kier alpha value is -1.28. The van der Waals surface area contributed by atoms with Crippen LogP contribution in [-0.4, -0.2) is 11.1 Å². The highest BCUT2D eigenvalue weighted by Crippen LogP contribution is 2.32. The van der Waals surface area contributed by atoms with Crippen molar-refractivity contribution in [3.63, 3.8) is 0 Å². The summed E-state index contributed by atoms with van der Waals surface area (Å²) in [6, 6.07) is 5.65. The van der Waals surface area contributed by atoms with E-state index >= 15 is 0 Å². The zero-order valence-electron chi connectivity index (χ0n) is 8.16. The number of carbonyl (C=O) groups is 1. The van der Waals surface area contributed by atoms with E-state index in [1.165, 1.54) is 0 Å². The molecule has 1 N–H and O–H groups in total. The molecule has 0 aliphatic heterocycles. The second-order valence-electron chi connectivity index (χ2n) is 3.60. The van der Waals surface area contributed by atoms with Gasteiger partial charge in [0.05, 0.1) is 6.42 Å². The number of halogens is 1. The van der Waals surface area contributed by atoms with Gasteiger partial charge in [0, 0.05) is 5.02 Å². The fourth-order valence-corrected chi connectivity index (χ4v) is 2.21. The number of hydrogen-bond acceptors (Lipinski definition) is 1. The Balaban J connectivity index is 2.42. The molecule has 1 aromatic carbocycles. The molecule has 2 nitrogen and oxygen atoms in total. The third-order valence-electron chi connectivity index (χ3n) is 2.59. The van der Waals surface area contributed by atoms with Crippen molar-refractivity contribution < 1.29 is 9.90 Å². The van der Waals surface area contributed by atoms with Crippen LogP contribution in [0.1, 0.15) is 24.0 Å². The molecule has 0 spiro atoms. The first-order valence-corrected chi connectivity index (χ1v) is 5.25. The molecule has 0 aromatic heterocycles. The number of allylic oxidation sites excluding steroid dienone is 1.